The van der Waals surface area contributed by atoms with Crippen molar-refractivity contribution in [3.05, 3.63) is 95.2 Å². The number of piperidine rings is 1. The fourth-order valence-electron chi connectivity index (χ4n) is 5.78. The van der Waals surface area contributed by atoms with Gasteiger partial charge in [-0.1, -0.05) is 56.7 Å². The van der Waals surface area contributed by atoms with Crippen molar-refractivity contribution in [2.45, 2.75) is 58.8 Å². The lowest BCUT2D eigenvalue weighted by Crippen LogP contribution is -2.39. The van der Waals surface area contributed by atoms with Crippen LogP contribution >= 0.6 is 0 Å². The van der Waals surface area contributed by atoms with Crippen LogP contribution in [0.2, 0.25) is 0 Å². The molecule has 1 saturated heterocycles. The molecule has 0 radical (unpaired) electrons. The quantitative estimate of drug-likeness (QED) is 0.239. The fraction of sp³-hybridized carbons (Fsp3) is 0.361. The number of fused-ring (bicyclic) bond motifs is 1. The summed E-state index contributed by atoms with van der Waals surface area (Å²) < 4.78 is 12.6. The first kappa shape index (κ1) is 30.2. The molecular weight excluding hydrogens is 566 g/mol. The van der Waals surface area contributed by atoms with Crippen LogP contribution in [0.15, 0.2) is 72.8 Å². The van der Waals surface area contributed by atoms with Crippen LogP contribution in [0.3, 0.4) is 0 Å². The molecule has 6 rings (SSSR count). The Kier molecular flexibility index (Phi) is 8.52. The van der Waals surface area contributed by atoms with Crippen LogP contribution in [0.25, 0.3) is 5.69 Å². The summed E-state index contributed by atoms with van der Waals surface area (Å²) in [6.07, 6.45) is 3.26. The van der Waals surface area contributed by atoms with Crippen molar-refractivity contribution in [1.82, 2.24) is 14.7 Å². The van der Waals surface area contributed by atoms with Gasteiger partial charge in [0.05, 0.1) is 17.8 Å². The van der Waals surface area contributed by atoms with Crippen LogP contribution in [0.1, 0.15) is 56.0 Å². The van der Waals surface area contributed by atoms with Gasteiger partial charge in [0.15, 0.2) is 11.5 Å². The number of ether oxygens (including phenoxy) is 2. The minimum atomic E-state index is -0.325. The lowest BCUT2D eigenvalue weighted by molar-refractivity contribution is -0.131. The van der Waals surface area contributed by atoms with Gasteiger partial charge in [-0.15, -0.1) is 0 Å². The number of aryl methyl sites for hydroxylation is 1. The number of urea groups is 1. The maximum atomic E-state index is 13.0. The standard InChI is InChI=1S/C36H41N5O4/c1-24-5-12-29(13-6-24)41-33(22-32(39-41)36(2,3)4)38-35(43)37-28-10-7-25(8-11-28)19-26-15-17-40(18-16-26)34(42)21-27-9-14-30-31(20-27)45-23-44-30/h5-14,20,22,26H,15-19,21,23H2,1-4H3,(H2,37,38,43). The number of rotatable bonds is 7. The summed E-state index contributed by atoms with van der Waals surface area (Å²) in [6.45, 7) is 10.1. The number of carbonyl (C=O) groups is 2. The molecule has 1 fully saturated rings. The van der Waals surface area contributed by atoms with Gasteiger partial charge in [-0.25, -0.2) is 9.48 Å². The van der Waals surface area contributed by atoms with Crippen molar-refractivity contribution in [2.24, 2.45) is 5.92 Å². The number of carbonyl (C=O) groups excluding carboxylic acids is 2. The molecule has 2 aliphatic heterocycles. The van der Waals surface area contributed by atoms with Crippen molar-refractivity contribution in [3.8, 4) is 17.2 Å². The fourth-order valence-corrected chi connectivity index (χ4v) is 5.78. The van der Waals surface area contributed by atoms with Crippen molar-refractivity contribution < 1.29 is 19.1 Å². The van der Waals surface area contributed by atoms with Crippen LogP contribution in [0, 0.1) is 12.8 Å². The Morgan fingerprint density at radius 3 is 2.27 bits per heavy atom. The molecule has 0 spiro atoms. The monoisotopic (exact) mass is 607 g/mol. The minimum absolute atomic E-state index is 0.151. The predicted octanol–water partition coefficient (Wildman–Crippen LogP) is 6.87. The molecule has 2 N–H and O–H groups in total. The van der Waals surface area contributed by atoms with E-state index in [9.17, 15) is 9.59 Å². The highest BCUT2D eigenvalue weighted by Gasteiger charge is 2.24. The average molecular weight is 608 g/mol. The van der Waals surface area contributed by atoms with Crippen LogP contribution in [-0.2, 0) is 23.1 Å². The highest BCUT2D eigenvalue weighted by molar-refractivity contribution is 5.99. The molecule has 0 unspecified atom stereocenters. The van der Waals surface area contributed by atoms with E-state index in [0.29, 0.717) is 23.9 Å². The summed E-state index contributed by atoms with van der Waals surface area (Å²) in [5, 5.41) is 10.7. The third-order valence-corrected chi connectivity index (χ3v) is 8.49. The molecule has 0 bridgehead atoms. The molecule has 3 heterocycles. The average Bonchev–Trinajstić information content (AvgIpc) is 3.66. The second-order valence-electron chi connectivity index (χ2n) is 13.1. The van der Waals surface area contributed by atoms with Gasteiger partial charge >= 0.3 is 6.03 Å². The molecule has 3 aromatic carbocycles. The number of benzene rings is 3. The lowest BCUT2D eigenvalue weighted by Gasteiger charge is -2.32. The zero-order valence-electron chi connectivity index (χ0n) is 26.4. The van der Waals surface area contributed by atoms with E-state index in [1.54, 1.807) is 4.68 Å². The summed E-state index contributed by atoms with van der Waals surface area (Å²) in [5.41, 5.74) is 5.65. The van der Waals surface area contributed by atoms with Crippen molar-refractivity contribution in [3.63, 3.8) is 0 Å². The van der Waals surface area contributed by atoms with Gasteiger partial charge in [-0.2, -0.15) is 5.10 Å². The van der Waals surface area contributed by atoms with E-state index in [4.69, 9.17) is 14.6 Å². The first-order chi connectivity index (χ1) is 21.6. The van der Waals surface area contributed by atoms with Gasteiger partial charge in [-0.3, -0.25) is 10.1 Å². The van der Waals surface area contributed by atoms with E-state index in [1.165, 1.54) is 5.56 Å². The normalized spacial score (nSPS) is 14.8. The second-order valence-corrected chi connectivity index (χ2v) is 13.1. The number of anilines is 2. The number of hydrogen-bond donors (Lipinski definition) is 2. The summed E-state index contributed by atoms with van der Waals surface area (Å²) in [6, 6.07) is 23.4. The number of nitrogens with zero attached hydrogens (tertiary/aromatic N) is 3. The zero-order chi connectivity index (χ0) is 31.6. The van der Waals surface area contributed by atoms with Crippen LogP contribution in [0.5, 0.6) is 11.5 Å². The summed E-state index contributed by atoms with van der Waals surface area (Å²) >= 11 is 0. The number of nitrogens with one attached hydrogen (secondary N) is 2. The van der Waals surface area contributed by atoms with E-state index < -0.39 is 0 Å². The molecule has 9 nitrogen and oxygen atoms in total. The van der Waals surface area contributed by atoms with Gasteiger partial charge < -0.3 is 19.7 Å². The molecule has 0 aliphatic carbocycles. The molecule has 9 heteroatoms. The van der Waals surface area contributed by atoms with Crippen LogP contribution < -0.4 is 20.1 Å². The van der Waals surface area contributed by atoms with Gasteiger partial charge in [0.25, 0.3) is 0 Å². The number of likely N-dealkylation sites (tertiary alicyclic amines) is 1. The second kappa shape index (κ2) is 12.7. The molecule has 45 heavy (non-hydrogen) atoms. The lowest BCUT2D eigenvalue weighted by atomic mass is 9.90. The summed E-state index contributed by atoms with van der Waals surface area (Å²) in [5.74, 6) is 2.72. The van der Waals surface area contributed by atoms with E-state index in [2.05, 4.69) is 43.5 Å². The van der Waals surface area contributed by atoms with E-state index in [1.807, 2.05) is 72.5 Å². The van der Waals surface area contributed by atoms with Crippen molar-refractivity contribution >= 4 is 23.4 Å². The van der Waals surface area contributed by atoms with E-state index in [-0.39, 0.29) is 24.1 Å². The zero-order valence-corrected chi connectivity index (χ0v) is 26.4. The molecule has 4 aromatic rings. The van der Waals surface area contributed by atoms with E-state index in [0.717, 1.165) is 66.3 Å². The molecule has 234 valence electrons. The molecule has 1 aromatic heterocycles. The first-order valence-corrected chi connectivity index (χ1v) is 15.6. The third kappa shape index (κ3) is 7.30. The van der Waals surface area contributed by atoms with Gasteiger partial charge in [0, 0.05) is 30.3 Å². The molecule has 0 atom stereocenters. The highest BCUT2D eigenvalue weighted by atomic mass is 16.7. The summed E-state index contributed by atoms with van der Waals surface area (Å²) in [7, 11) is 0. The highest BCUT2D eigenvalue weighted by Crippen LogP contribution is 2.33. The largest absolute Gasteiger partial charge is 0.454 e. The van der Waals surface area contributed by atoms with E-state index >= 15 is 0 Å². The molecule has 0 saturated carbocycles. The third-order valence-electron chi connectivity index (χ3n) is 8.49. The van der Waals surface area contributed by atoms with Crippen LogP contribution in [0.4, 0.5) is 16.3 Å². The molecule has 3 amide bonds. The Labute approximate surface area is 264 Å². The Morgan fingerprint density at radius 1 is 0.867 bits per heavy atom. The van der Waals surface area contributed by atoms with Gasteiger partial charge in [0.2, 0.25) is 12.7 Å². The Morgan fingerprint density at radius 2 is 1.56 bits per heavy atom. The summed E-state index contributed by atoms with van der Waals surface area (Å²) in [4.78, 5) is 27.9. The van der Waals surface area contributed by atoms with Crippen LogP contribution in [-0.4, -0.2) is 46.5 Å². The first-order valence-electron chi connectivity index (χ1n) is 15.6. The predicted molar refractivity (Wildman–Crippen MR) is 175 cm³/mol. The Hall–Kier alpha value is -4.79. The number of hydrogen-bond acceptors (Lipinski definition) is 5. The van der Waals surface area contributed by atoms with Crippen molar-refractivity contribution in [1.29, 1.82) is 0 Å². The topological polar surface area (TPSA) is 97.7 Å². The minimum Gasteiger partial charge on any atom is -0.454 e. The molecule has 2 aliphatic rings. The number of amides is 3. The smallest absolute Gasteiger partial charge is 0.324 e. The number of aromatic nitrogens is 2. The van der Waals surface area contributed by atoms with Gasteiger partial charge in [-0.05, 0) is 79.6 Å². The Balaban J connectivity index is 1.00. The molecular formula is C36H41N5O4. The Bertz CT molecular complexity index is 1660. The van der Waals surface area contributed by atoms with Crippen molar-refractivity contribution in [2.75, 3.05) is 30.5 Å². The van der Waals surface area contributed by atoms with Gasteiger partial charge in [0.1, 0.15) is 5.82 Å². The maximum absolute atomic E-state index is 13.0. The maximum Gasteiger partial charge on any atom is 0.324 e. The SMILES string of the molecule is Cc1ccc(-n2nc(C(C)(C)C)cc2NC(=O)Nc2ccc(CC3CCN(C(=O)Cc4ccc5c(c4)OCO5)CC3)cc2)cc1.